The normalized spacial score (nSPS) is 22.4. The van der Waals surface area contributed by atoms with Crippen molar-refractivity contribution in [2.75, 3.05) is 10.2 Å². The number of amides is 3. The summed E-state index contributed by atoms with van der Waals surface area (Å²) in [5.74, 6) is -2.73. The highest BCUT2D eigenvalue weighted by molar-refractivity contribution is 6.22. The van der Waals surface area contributed by atoms with Gasteiger partial charge in [-0.2, -0.15) is 0 Å². The van der Waals surface area contributed by atoms with Crippen molar-refractivity contribution in [2.24, 2.45) is 17.8 Å². The molecule has 31 heavy (non-hydrogen) atoms. The summed E-state index contributed by atoms with van der Waals surface area (Å²) < 4.78 is 0. The molecule has 1 heterocycles. The van der Waals surface area contributed by atoms with E-state index in [9.17, 15) is 24.3 Å². The molecule has 0 aromatic heterocycles. The van der Waals surface area contributed by atoms with Crippen LogP contribution >= 0.6 is 0 Å². The van der Waals surface area contributed by atoms with Gasteiger partial charge in [0.2, 0.25) is 11.8 Å². The number of allylic oxidation sites excluding steroid dienone is 2. The molecule has 2 aliphatic rings. The van der Waals surface area contributed by atoms with Gasteiger partial charge in [0.25, 0.3) is 5.91 Å². The average molecular weight is 418 g/mol. The molecule has 1 saturated heterocycles. The summed E-state index contributed by atoms with van der Waals surface area (Å²) in [6.45, 7) is 3.74. The summed E-state index contributed by atoms with van der Waals surface area (Å²) >= 11 is 0. The second kappa shape index (κ2) is 7.83. The molecule has 0 radical (unpaired) electrons. The molecule has 0 saturated carbocycles. The van der Waals surface area contributed by atoms with Gasteiger partial charge in [-0.05, 0) is 61.2 Å². The Morgan fingerprint density at radius 1 is 1.06 bits per heavy atom. The molecule has 0 bridgehead atoms. The molecule has 2 aromatic carbocycles. The number of nitrogens with one attached hydrogen (secondary N) is 1. The number of rotatable bonds is 4. The number of aromatic carboxylic acids is 1. The Morgan fingerprint density at radius 2 is 1.77 bits per heavy atom. The molecule has 3 amide bonds. The van der Waals surface area contributed by atoms with E-state index >= 15 is 0 Å². The number of anilines is 2. The molecule has 1 aliphatic heterocycles. The first-order chi connectivity index (χ1) is 14.8. The van der Waals surface area contributed by atoms with E-state index in [0.29, 0.717) is 12.1 Å². The van der Waals surface area contributed by atoms with Gasteiger partial charge >= 0.3 is 5.97 Å². The van der Waals surface area contributed by atoms with Crippen LogP contribution in [0.25, 0.3) is 0 Å². The fourth-order valence-corrected chi connectivity index (χ4v) is 4.31. The van der Waals surface area contributed by atoms with E-state index in [2.05, 4.69) is 5.32 Å². The first kappa shape index (κ1) is 20.5. The zero-order valence-electron chi connectivity index (χ0n) is 17.2. The summed E-state index contributed by atoms with van der Waals surface area (Å²) in [6.07, 6.45) is 4.48. The maximum absolute atomic E-state index is 12.9. The maximum Gasteiger partial charge on any atom is 0.337 e. The molecule has 7 nitrogen and oxygen atoms in total. The third-order valence-corrected chi connectivity index (χ3v) is 5.91. The lowest BCUT2D eigenvalue weighted by Gasteiger charge is -2.22. The van der Waals surface area contributed by atoms with Crippen molar-refractivity contribution in [1.29, 1.82) is 0 Å². The first-order valence-electron chi connectivity index (χ1n) is 10.1. The van der Waals surface area contributed by atoms with Crippen LogP contribution in [0.4, 0.5) is 11.4 Å². The number of hydrogen-bond donors (Lipinski definition) is 2. The van der Waals surface area contributed by atoms with Crippen molar-refractivity contribution in [1.82, 2.24) is 0 Å². The quantitative estimate of drug-likeness (QED) is 0.583. The molecular weight excluding hydrogens is 396 g/mol. The van der Waals surface area contributed by atoms with Crippen molar-refractivity contribution in [3.63, 3.8) is 0 Å². The Morgan fingerprint density at radius 3 is 2.42 bits per heavy atom. The molecule has 3 atom stereocenters. The molecule has 0 spiro atoms. The van der Waals surface area contributed by atoms with Gasteiger partial charge in [0.15, 0.2) is 0 Å². The lowest BCUT2D eigenvalue weighted by atomic mass is 9.78. The van der Waals surface area contributed by atoms with E-state index in [0.717, 1.165) is 5.56 Å². The predicted molar refractivity (Wildman–Crippen MR) is 115 cm³/mol. The average Bonchev–Trinajstić information content (AvgIpc) is 2.99. The third-order valence-electron chi connectivity index (χ3n) is 5.91. The SMILES string of the molecule is Cc1ccc(C(=O)O)c(NC(=O)c2ccc(N3C(=O)[C@@H]4[C@@H](C)C=CC[C@H]4C3=O)cc2)c1. The van der Waals surface area contributed by atoms with Crippen molar-refractivity contribution < 1.29 is 24.3 Å². The van der Waals surface area contributed by atoms with Crippen LogP contribution in [0, 0.1) is 24.7 Å². The van der Waals surface area contributed by atoms with E-state index in [-0.39, 0.29) is 46.4 Å². The molecule has 2 N–H and O–H groups in total. The number of fused-ring (bicyclic) bond motifs is 1. The van der Waals surface area contributed by atoms with Gasteiger partial charge < -0.3 is 10.4 Å². The van der Waals surface area contributed by atoms with Gasteiger partial charge in [-0.3, -0.25) is 19.3 Å². The van der Waals surface area contributed by atoms with Crippen molar-refractivity contribution in [3.05, 3.63) is 71.3 Å². The fraction of sp³-hybridized carbons (Fsp3) is 0.250. The number of nitrogens with zero attached hydrogens (tertiary/aromatic N) is 1. The van der Waals surface area contributed by atoms with Crippen LogP contribution in [-0.4, -0.2) is 28.8 Å². The van der Waals surface area contributed by atoms with E-state index in [4.69, 9.17) is 0 Å². The van der Waals surface area contributed by atoms with Crippen LogP contribution in [0.5, 0.6) is 0 Å². The van der Waals surface area contributed by atoms with Gasteiger partial charge in [0.05, 0.1) is 28.8 Å². The van der Waals surface area contributed by atoms with Crippen molar-refractivity contribution in [3.8, 4) is 0 Å². The number of imide groups is 1. The zero-order valence-corrected chi connectivity index (χ0v) is 17.2. The van der Waals surface area contributed by atoms with Gasteiger partial charge in [0.1, 0.15) is 0 Å². The first-order valence-corrected chi connectivity index (χ1v) is 10.1. The van der Waals surface area contributed by atoms with E-state index in [1.165, 1.54) is 23.1 Å². The number of carbonyl (C=O) groups is 4. The molecule has 158 valence electrons. The second-order valence-electron chi connectivity index (χ2n) is 8.02. The van der Waals surface area contributed by atoms with E-state index < -0.39 is 11.9 Å². The highest BCUT2D eigenvalue weighted by atomic mass is 16.4. The summed E-state index contributed by atoms with van der Waals surface area (Å²) in [7, 11) is 0. The van der Waals surface area contributed by atoms with Gasteiger partial charge in [-0.15, -0.1) is 0 Å². The highest BCUT2D eigenvalue weighted by Gasteiger charge is 2.50. The fourth-order valence-electron chi connectivity index (χ4n) is 4.31. The molecule has 1 aliphatic carbocycles. The lowest BCUT2D eigenvalue weighted by molar-refractivity contribution is -0.122. The van der Waals surface area contributed by atoms with Crippen molar-refractivity contribution >= 4 is 35.1 Å². The zero-order chi connectivity index (χ0) is 22.3. The molecule has 7 heteroatoms. The standard InChI is InChI=1S/C24H22N2O5/c1-13-6-11-17(24(30)31)19(12-13)25-21(27)15-7-9-16(10-8-15)26-22(28)18-5-3-4-14(2)20(18)23(26)29/h3-4,6-12,14,18,20H,5H2,1-2H3,(H,25,27)(H,30,31)/t14-,18+,20+/m0/s1. The predicted octanol–water partition coefficient (Wildman–Crippen LogP) is 3.65. The van der Waals surface area contributed by atoms with Crippen LogP contribution in [0.15, 0.2) is 54.6 Å². The van der Waals surface area contributed by atoms with Crippen LogP contribution in [0.1, 0.15) is 39.6 Å². The summed E-state index contributed by atoms with van der Waals surface area (Å²) in [4.78, 5) is 51.0. The molecule has 4 rings (SSSR count). The monoisotopic (exact) mass is 418 g/mol. The Hall–Kier alpha value is -3.74. The Balaban J connectivity index is 1.55. The van der Waals surface area contributed by atoms with Crippen LogP contribution in [0.2, 0.25) is 0 Å². The maximum atomic E-state index is 12.9. The number of carboxylic acid groups (broad SMARTS) is 1. The topological polar surface area (TPSA) is 104 Å². The largest absolute Gasteiger partial charge is 0.478 e. The summed E-state index contributed by atoms with van der Waals surface area (Å²) in [6, 6.07) is 10.9. The van der Waals surface area contributed by atoms with Crippen molar-refractivity contribution in [2.45, 2.75) is 20.3 Å². The van der Waals surface area contributed by atoms with E-state index in [1.54, 1.807) is 31.2 Å². The molecule has 2 aromatic rings. The minimum absolute atomic E-state index is 0.00279. The molecule has 1 fully saturated rings. The number of carbonyl (C=O) groups excluding carboxylic acids is 3. The minimum Gasteiger partial charge on any atom is -0.478 e. The number of hydrogen-bond acceptors (Lipinski definition) is 4. The van der Waals surface area contributed by atoms with Crippen LogP contribution < -0.4 is 10.2 Å². The number of aryl methyl sites for hydroxylation is 1. The Bertz CT molecular complexity index is 1120. The van der Waals surface area contributed by atoms with Gasteiger partial charge in [-0.25, -0.2) is 4.79 Å². The number of carboxylic acids is 1. The summed E-state index contributed by atoms with van der Waals surface area (Å²) in [5, 5.41) is 12.0. The smallest absolute Gasteiger partial charge is 0.337 e. The highest BCUT2D eigenvalue weighted by Crippen LogP contribution is 2.40. The third kappa shape index (κ3) is 3.63. The molecular formula is C24H22N2O5. The van der Waals surface area contributed by atoms with Crippen LogP contribution in [0.3, 0.4) is 0 Å². The van der Waals surface area contributed by atoms with Crippen LogP contribution in [-0.2, 0) is 9.59 Å². The van der Waals surface area contributed by atoms with E-state index in [1.807, 2.05) is 19.1 Å². The Kier molecular flexibility index (Phi) is 5.19. The Labute approximate surface area is 179 Å². The van der Waals surface area contributed by atoms with Gasteiger partial charge in [0, 0.05) is 5.56 Å². The lowest BCUT2D eigenvalue weighted by Crippen LogP contribution is -2.31. The number of benzene rings is 2. The minimum atomic E-state index is -1.14. The summed E-state index contributed by atoms with van der Waals surface area (Å²) in [5.41, 5.74) is 1.72. The molecule has 0 unspecified atom stereocenters. The van der Waals surface area contributed by atoms with Gasteiger partial charge in [-0.1, -0.05) is 25.1 Å². The second-order valence-corrected chi connectivity index (χ2v) is 8.02.